The van der Waals surface area contributed by atoms with Crippen LogP contribution in [0.2, 0.25) is 0 Å². The summed E-state index contributed by atoms with van der Waals surface area (Å²) in [5, 5.41) is 4.27. The van der Waals surface area contributed by atoms with Crippen molar-refractivity contribution < 1.29 is 9.53 Å². The highest BCUT2D eigenvalue weighted by Gasteiger charge is 2.28. The number of rotatable bonds is 4. The Morgan fingerprint density at radius 2 is 2.06 bits per heavy atom. The molecule has 1 heterocycles. The van der Waals surface area contributed by atoms with Gasteiger partial charge in [0.15, 0.2) is 11.5 Å². The van der Waals surface area contributed by atoms with Crippen molar-refractivity contribution in [2.24, 2.45) is 5.92 Å². The molecule has 1 saturated carbocycles. The van der Waals surface area contributed by atoms with E-state index < -0.39 is 0 Å². The van der Waals surface area contributed by atoms with Crippen LogP contribution in [0.1, 0.15) is 62.5 Å². The van der Waals surface area contributed by atoms with Gasteiger partial charge < -0.3 is 4.74 Å². The topological polar surface area (TPSA) is 44.1 Å². The highest BCUT2D eigenvalue weighted by atomic mass is 16.5. The highest BCUT2D eigenvalue weighted by molar-refractivity contribution is 5.98. The number of carbonyl (C=O) groups is 1. The second-order valence-electron chi connectivity index (χ2n) is 5.30. The molecule has 0 aliphatic heterocycles. The van der Waals surface area contributed by atoms with Gasteiger partial charge in [-0.3, -0.25) is 9.48 Å². The van der Waals surface area contributed by atoms with Crippen molar-refractivity contribution in [2.45, 2.75) is 52.0 Å². The van der Waals surface area contributed by atoms with Crippen LogP contribution < -0.4 is 4.74 Å². The molecule has 2 rings (SSSR count). The molecule has 100 valence electrons. The largest absolute Gasteiger partial charge is 0.493 e. The van der Waals surface area contributed by atoms with E-state index in [1.54, 1.807) is 18.0 Å². The fourth-order valence-electron chi connectivity index (χ4n) is 2.68. The first-order valence-corrected chi connectivity index (χ1v) is 6.81. The summed E-state index contributed by atoms with van der Waals surface area (Å²) in [7, 11) is 1.60. The molecule has 0 saturated heterocycles. The van der Waals surface area contributed by atoms with E-state index in [1.807, 2.05) is 13.8 Å². The zero-order valence-electron chi connectivity index (χ0n) is 11.5. The van der Waals surface area contributed by atoms with Crippen molar-refractivity contribution >= 4 is 5.78 Å². The van der Waals surface area contributed by atoms with Crippen LogP contribution in [0.15, 0.2) is 6.20 Å². The molecule has 4 nitrogen and oxygen atoms in total. The van der Waals surface area contributed by atoms with Crippen LogP contribution in [-0.4, -0.2) is 22.7 Å². The molecule has 1 aromatic rings. The molecule has 0 amide bonds. The van der Waals surface area contributed by atoms with E-state index in [2.05, 4.69) is 5.10 Å². The molecule has 0 N–H and O–H groups in total. The highest BCUT2D eigenvalue weighted by Crippen LogP contribution is 2.31. The van der Waals surface area contributed by atoms with Gasteiger partial charge in [-0.2, -0.15) is 5.10 Å². The lowest BCUT2D eigenvalue weighted by molar-refractivity contribution is 0.0873. The Morgan fingerprint density at radius 1 is 1.39 bits per heavy atom. The minimum atomic E-state index is 0.154. The molecule has 4 heteroatoms. The predicted molar refractivity (Wildman–Crippen MR) is 70.1 cm³/mol. The number of carbonyl (C=O) groups excluding carboxylic acids is 1. The summed E-state index contributed by atoms with van der Waals surface area (Å²) in [6, 6.07) is 0.177. The maximum Gasteiger partial charge on any atom is 0.187 e. The summed E-state index contributed by atoms with van der Waals surface area (Å²) < 4.78 is 7.07. The Bertz CT molecular complexity index is 417. The first kappa shape index (κ1) is 13.1. The number of hydrogen-bond donors (Lipinski definition) is 0. The van der Waals surface area contributed by atoms with Crippen molar-refractivity contribution in [2.75, 3.05) is 7.11 Å². The number of ether oxygens (including phenoxy) is 1. The second kappa shape index (κ2) is 5.55. The SMILES string of the molecule is COc1cnn(C(C)C)c1C(=O)C1CCCCC1. The Hall–Kier alpha value is -1.32. The van der Waals surface area contributed by atoms with Crippen LogP contribution in [0, 0.1) is 5.92 Å². The van der Waals surface area contributed by atoms with Gasteiger partial charge in [-0.1, -0.05) is 19.3 Å². The van der Waals surface area contributed by atoms with Gasteiger partial charge in [-0.15, -0.1) is 0 Å². The average Bonchev–Trinajstić information content (AvgIpc) is 2.82. The number of aromatic nitrogens is 2. The predicted octanol–water partition coefficient (Wildman–Crippen LogP) is 3.24. The van der Waals surface area contributed by atoms with E-state index >= 15 is 0 Å². The van der Waals surface area contributed by atoms with Gasteiger partial charge in [-0.05, 0) is 26.7 Å². The van der Waals surface area contributed by atoms with Gasteiger partial charge in [0, 0.05) is 12.0 Å². The molecule has 0 atom stereocenters. The van der Waals surface area contributed by atoms with E-state index in [0.717, 1.165) is 25.7 Å². The monoisotopic (exact) mass is 250 g/mol. The molecule has 1 aliphatic carbocycles. The summed E-state index contributed by atoms with van der Waals surface area (Å²) >= 11 is 0. The molecule has 1 aromatic heterocycles. The van der Waals surface area contributed by atoms with Crippen LogP contribution >= 0.6 is 0 Å². The maximum atomic E-state index is 12.6. The van der Waals surface area contributed by atoms with Crippen LogP contribution in [0.4, 0.5) is 0 Å². The molecule has 0 spiro atoms. The third kappa shape index (κ3) is 2.42. The molecular formula is C14H22N2O2. The lowest BCUT2D eigenvalue weighted by Gasteiger charge is -2.21. The van der Waals surface area contributed by atoms with Gasteiger partial charge in [0.2, 0.25) is 0 Å². The fourth-order valence-corrected chi connectivity index (χ4v) is 2.68. The Labute approximate surface area is 108 Å². The van der Waals surface area contributed by atoms with Crippen molar-refractivity contribution in [3.8, 4) is 5.75 Å². The number of Topliss-reactive ketones (excluding diaryl/α,β-unsaturated/α-hetero) is 1. The minimum Gasteiger partial charge on any atom is -0.493 e. The van der Waals surface area contributed by atoms with Crippen LogP contribution in [0.5, 0.6) is 5.75 Å². The molecule has 0 bridgehead atoms. The third-order valence-corrected chi connectivity index (χ3v) is 3.68. The molecule has 0 radical (unpaired) electrons. The summed E-state index contributed by atoms with van der Waals surface area (Å²) in [5.41, 5.74) is 0.652. The van der Waals surface area contributed by atoms with Crippen LogP contribution in [0.3, 0.4) is 0 Å². The third-order valence-electron chi connectivity index (χ3n) is 3.68. The van der Waals surface area contributed by atoms with Crippen LogP contribution in [0.25, 0.3) is 0 Å². The van der Waals surface area contributed by atoms with Crippen molar-refractivity contribution in [3.63, 3.8) is 0 Å². The standard InChI is InChI=1S/C14H22N2O2/c1-10(2)16-13(12(18-3)9-15-16)14(17)11-7-5-4-6-8-11/h9-11H,4-8H2,1-3H3. The first-order valence-electron chi connectivity index (χ1n) is 6.81. The van der Waals surface area contributed by atoms with E-state index in [0.29, 0.717) is 11.4 Å². The Balaban J connectivity index is 2.29. The van der Waals surface area contributed by atoms with E-state index in [-0.39, 0.29) is 17.7 Å². The molecule has 18 heavy (non-hydrogen) atoms. The lowest BCUT2D eigenvalue weighted by Crippen LogP contribution is -2.22. The zero-order chi connectivity index (χ0) is 13.1. The van der Waals surface area contributed by atoms with Gasteiger partial charge >= 0.3 is 0 Å². The summed E-state index contributed by atoms with van der Waals surface area (Å²) in [5.74, 6) is 0.971. The number of nitrogens with zero attached hydrogens (tertiary/aromatic N) is 2. The average molecular weight is 250 g/mol. The molecule has 1 aliphatic rings. The smallest absolute Gasteiger partial charge is 0.187 e. The summed E-state index contributed by atoms with van der Waals surface area (Å²) in [4.78, 5) is 12.6. The maximum absolute atomic E-state index is 12.6. The summed E-state index contributed by atoms with van der Waals surface area (Å²) in [6.45, 7) is 4.06. The lowest BCUT2D eigenvalue weighted by atomic mass is 9.85. The number of methoxy groups -OCH3 is 1. The van der Waals surface area contributed by atoms with E-state index in [9.17, 15) is 4.79 Å². The van der Waals surface area contributed by atoms with E-state index in [1.165, 1.54) is 6.42 Å². The molecule has 0 unspecified atom stereocenters. The van der Waals surface area contributed by atoms with Crippen LogP contribution in [-0.2, 0) is 0 Å². The van der Waals surface area contributed by atoms with E-state index in [4.69, 9.17) is 4.74 Å². The molecular weight excluding hydrogens is 228 g/mol. The van der Waals surface area contributed by atoms with Crippen molar-refractivity contribution in [1.29, 1.82) is 0 Å². The Morgan fingerprint density at radius 3 is 2.61 bits per heavy atom. The summed E-state index contributed by atoms with van der Waals surface area (Å²) in [6.07, 6.45) is 7.24. The minimum absolute atomic E-state index is 0.154. The fraction of sp³-hybridized carbons (Fsp3) is 0.714. The zero-order valence-corrected chi connectivity index (χ0v) is 11.5. The molecule has 1 fully saturated rings. The first-order chi connectivity index (χ1) is 8.65. The quantitative estimate of drug-likeness (QED) is 0.770. The van der Waals surface area contributed by atoms with Gasteiger partial charge in [0.25, 0.3) is 0 Å². The van der Waals surface area contributed by atoms with Gasteiger partial charge in [0.05, 0.1) is 13.3 Å². The Kier molecular flexibility index (Phi) is 4.04. The second-order valence-corrected chi connectivity index (χ2v) is 5.30. The number of ketones is 1. The van der Waals surface area contributed by atoms with Crippen molar-refractivity contribution in [3.05, 3.63) is 11.9 Å². The van der Waals surface area contributed by atoms with Gasteiger partial charge in [0.1, 0.15) is 5.69 Å². The normalized spacial score (nSPS) is 17.1. The number of hydrogen-bond acceptors (Lipinski definition) is 3. The van der Waals surface area contributed by atoms with Crippen molar-refractivity contribution in [1.82, 2.24) is 9.78 Å². The molecule has 0 aromatic carbocycles. The van der Waals surface area contributed by atoms with Gasteiger partial charge in [-0.25, -0.2) is 0 Å².